The molecule has 0 aliphatic carbocycles. The van der Waals surface area contributed by atoms with Crippen LogP contribution in [0, 0.1) is 0 Å². The van der Waals surface area contributed by atoms with Crippen molar-refractivity contribution in [1.29, 1.82) is 0 Å². The van der Waals surface area contributed by atoms with E-state index in [1.54, 1.807) is 6.07 Å². The maximum absolute atomic E-state index is 5.73. The summed E-state index contributed by atoms with van der Waals surface area (Å²) >= 11 is 5.73. The van der Waals surface area contributed by atoms with Crippen LogP contribution in [0.15, 0.2) is 23.0 Å². The summed E-state index contributed by atoms with van der Waals surface area (Å²) in [5.41, 5.74) is 0.736. The number of halogens is 1. The fourth-order valence-corrected chi connectivity index (χ4v) is 1.20. The third-order valence-electron chi connectivity index (χ3n) is 1.64. The topological polar surface area (TPSA) is 61.0 Å². The molecule has 2 rings (SSSR count). The Hall–Kier alpha value is -1.62. The fraction of sp³-hybridized carbons (Fsp3) is 0.222. The minimum atomic E-state index is 0.102. The smallest absolute Gasteiger partial charge is 0.321 e. The van der Waals surface area contributed by atoms with Crippen molar-refractivity contribution in [3.05, 3.63) is 23.9 Å². The molecule has 5 nitrogen and oxygen atoms in total. The summed E-state index contributed by atoms with van der Waals surface area (Å²) in [7, 11) is 0. The number of aromatic nitrogens is 3. The van der Waals surface area contributed by atoms with Crippen molar-refractivity contribution in [2.45, 2.75) is 6.92 Å². The third kappa shape index (κ3) is 2.24. The van der Waals surface area contributed by atoms with E-state index in [0.29, 0.717) is 12.4 Å². The molecule has 0 fully saturated rings. The summed E-state index contributed by atoms with van der Waals surface area (Å²) in [6, 6.07) is 1.95. The van der Waals surface area contributed by atoms with Crippen LogP contribution in [0.25, 0.3) is 11.4 Å². The Morgan fingerprint density at radius 2 is 2.27 bits per heavy atom. The van der Waals surface area contributed by atoms with E-state index in [1.165, 1.54) is 12.5 Å². The van der Waals surface area contributed by atoms with Gasteiger partial charge in [0.15, 0.2) is 5.82 Å². The highest BCUT2D eigenvalue weighted by Crippen LogP contribution is 2.18. The molecular weight excluding hydrogens is 218 g/mol. The van der Waals surface area contributed by atoms with E-state index in [0.717, 1.165) is 5.56 Å². The van der Waals surface area contributed by atoms with Crippen molar-refractivity contribution >= 4 is 11.6 Å². The van der Waals surface area contributed by atoms with Gasteiger partial charge < -0.3 is 9.15 Å². The average molecular weight is 226 g/mol. The molecule has 0 N–H and O–H groups in total. The normalized spacial score (nSPS) is 10.3. The lowest BCUT2D eigenvalue weighted by Crippen LogP contribution is -2.00. The van der Waals surface area contributed by atoms with E-state index in [9.17, 15) is 0 Å². The van der Waals surface area contributed by atoms with Gasteiger partial charge in [-0.3, -0.25) is 0 Å². The minimum absolute atomic E-state index is 0.102. The summed E-state index contributed by atoms with van der Waals surface area (Å²) in [4.78, 5) is 11.9. The monoisotopic (exact) mass is 225 g/mol. The Labute approximate surface area is 91.1 Å². The predicted molar refractivity (Wildman–Crippen MR) is 53.7 cm³/mol. The molecule has 2 aromatic heterocycles. The highest BCUT2D eigenvalue weighted by molar-refractivity contribution is 6.28. The van der Waals surface area contributed by atoms with Crippen LogP contribution in [-0.4, -0.2) is 21.6 Å². The lowest BCUT2D eigenvalue weighted by atomic mass is 10.3. The van der Waals surface area contributed by atoms with Gasteiger partial charge in [-0.05, 0) is 24.6 Å². The van der Waals surface area contributed by atoms with Crippen LogP contribution in [0.3, 0.4) is 0 Å². The molecule has 0 atom stereocenters. The lowest BCUT2D eigenvalue weighted by molar-refractivity contribution is 0.312. The average Bonchev–Trinajstić information content (AvgIpc) is 2.70. The second kappa shape index (κ2) is 4.27. The van der Waals surface area contributed by atoms with E-state index >= 15 is 0 Å². The van der Waals surface area contributed by atoms with Gasteiger partial charge in [-0.1, -0.05) is 0 Å². The molecule has 0 radical (unpaired) electrons. The first kappa shape index (κ1) is 9.92. The molecule has 0 saturated heterocycles. The van der Waals surface area contributed by atoms with Gasteiger partial charge in [0.2, 0.25) is 5.28 Å². The summed E-state index contributed by atoms with van der Waals surface area (Å²) in [6.07, 6.45) is 3.06. The second-order valence-electron chi connectivity index (χ2n) is 2.66. The molecule has 0 amide bonds. The molecule has 0 aromatic carbocycles. The largest absolute Gasteiger partial charge is 0.472 e. The van der Waals surface area contributed by atoms with Crippen molar-refractivity contribution in [3.8, 4) is 17.4 Å². The second-order valence-corrected chi connectivity index (χ2v) is 2.99. The molecule has 15 heavy (non-hydrogen) atoms. The van der Waals surface area contributed by atoms with Crippen LogP contribution in [0.1, 0.15) is 6.92 Å². The predicted octanol–water partition coefficient (Wildman–Crippen LogP) is 2.18. The van der Waals surface area contributed by atoms with Crippen molar-refractivity contribution in [3.63, 3.8) is 0 Å². The van der Waals surface area contributed by atoms with E-state index < -0.39 is 0 Å². The zero-order chi connectivity index (χ0) is 10.7. The van der Waals surface area contributed by atoms with Crippen LogP contribution in [0.4, 0.5) is 0 Å². The van der Waals surface area contributed by atoms with Gasteiger partial charge in [-0.25, -0.2) is 0 Å². The van der Waals surface area contributed by atoms with Gasteiger partial charge in [-0.2, -0.15) is 15.0 Å². The van der Waals surface area contributed by atoms with Gasteiger partial charge >= 0.3 is 6.01 Å². The van der Waals surface area contributed by atoms with E-state index in [-0.39, 0.29) is 11.3 Å². The SMILES string of the molecule is CCOc1nc(Cl)nc(-c2ccoc2)n1. The minimum Gasteiger partial charge on any atom is -0.472 e. The van der Waals surface area contributed by atoms with Crippen LogP contribution in [0.5, 0.6) is 6.01 Å². The van der Waals surface area contributed by atoms with E-state index in [2.05, 4.69) is 15.0 Å². The standard InChI is InChI=1S/C9H8ClN3O2/c1-2-15-9-12-7(11-8(10)13-9)6-3-4-14-5-6/h3-5H,2H2,1H3. The lowest BCUT2D eigenvalue weighted by Gasteiger charge is -2.02. The van der Waals surface area contributed by atoms with E-state index in [1.807, 2.05) is 6.92 Å². The molecule has 0 unspecified atom stereocenters. The first-order valence-electron chi connectivity index (χ1n) is 4.36. The molecule has 0 aliphatic rings. The Bertz CT molecular complexity index is 445. The maximum Gasteiger partial charge on any atom is 0.321 e. The van der Waals surface area contributed by atoms with Crippen LogP contribution in [0.2, 0.25) is 5.28 Å². The number of ether oxygens (including phenoxy) is 1. The summed E-state index contributed by atoms with van der Waals surface area (Å²) < 4.78 is 10.1. The zero-order valence-electron chi connectivity index (χ0n) is 7.98. The summed E-state index contributed by atoms with van der Waals surface area (Å²) in [6.45, 7) is 2.32. The van der Waals surface area contributed by atoms with Gasteiger partial charge in [0, 0.05) is 0 Å². The number of nitrogens with zero attached hydrogens (tertiary/aromatic N) is 3. The Kier molecular flexibility index (Phi) is 2.82. The first-order valence-corrected chi connectivity index (χ1v) is 4.74. The Morgan fingerprint density at radius 1 is 1.40 bits per heavy atom. The van der Waals surface area contributed by atoms with Gasteiger partial charge in [0.1, 0.15) is 6.26 Å². The molecule has 0 bridgehead atoms. The Morgan fingerprint density at radius 3 is 2.93 bits per heavy atom. The molecule has 0 saturated carbocycles. The van der Waals surface area contributed by atoms with Crippen LogP contribution >= 0.6 is 11.6 Å². The van der Waals surface area contributed by atoms with Crippen LogP contribution < -0.4 is 4.74 Å². The fourth-order valence-electron chi connectivity index (χ4n) is 1.05. The Balaban J connectivity index is 2.40. The first-order chi connectivity index (χ1) is 7.29. The van der Waals surface area contributed by atoms with E-state index in [4.69, 9.17) is 20.8 Å². The van der Waals surface area contributed by atoms with Crippen molar-refractivity contribution in [2.75, 3.05) is 6.61 Å². The molecule has 0 spiro atoms. The molecule has 2 heterocycles. The van der Waals surface area contributed by atoms with Crippen molar-refractivity contribution in [2.24, 2.45) is 0 Å². The number of rotatable bonds is 3. The van der Waals surface area contributed by atoms with Crippen LogP contribution in [-0.2, 0) is 0 Å². The zero-order valence-corrected chi connectivity index (χ0v) is 8.73. The maximum atomic E-state index is 5.73. The van der Waals surface area contributed by atoms with Crippen molar-refractivity contribution < 1.29 is 9.15 Å². The number of hydrogen-bond acceptors (Lipinski definition) is 5. The third-order valence-corrected chi connectivity index (χ3v) is 1.81. The molecular formula is C9H8ClN3O2. The molecule has 6 heteroatoms. The molecule has 2 aromatic rings. The quantitative estimate of drug-likeness (QED) is 0.801. The molecule has 0 aliphatic heterocycles. The summed E-state index contributed by atoms with van der Waals surface area (Å²) in [5, 5.41) is 0.102. The summed E-state index contributed by atoms with van der Waals surface area (Å²) in [5.74, 6) is 0.437. The number of furan rings is 1. The highest BCUT2D eigenvalue weighted by atomic mass is 35.5. The van der Waals surface area contributed by atoms with Crippen molar-refractivity contribution in [1.82, 2.24) is 15.0 Å². The highest BCUT2D eigenvalue weighted by Gasteiger charge is 2.08. The number of hydrogen-bond donors (Lipinski definition) is 0. The van der Waals surface area contributed by atoms with Gasteiger partial charge in [-0.15, -0.1) is 0 Å². The van der Waals surface area contributed by atoms with Gasteiger partial charge in [0.05, 0.1) is 18.4 Å². The molecule has 78 valence electrons. The van der Waals surface area contributed by atoms with Gasteiger partial charge in [0.25, 0.3) is 0 Å².